The van der Waals surface area contributed by atoms with Crippen LogP contribution >= 0.6 is 0 Å². The lowest BCUT2D eigenvalue weighted by Gasteiger charge is -2.21. The smallest absolute Gasteiger partial charge is 0.123 e. The molecular formula is C11H20N2. The molecular weight excluding hydrogens is 160 g/mol. The van der Waals surface area contributed by atoms with E-state index in [0.29, 0.717) is 5.84 Å². The first-order chi connectivity index (χ1) is 5.91. The Morgan fingerprint density at radius 1 is 1.46 bits per heavy atom. The molecule has 0 aromatic heterocycles. The Kier molecular flexibility index (Phi) is 4.46. The summed E-state index contributed by atoms with van der Waals surface area (Å²) < 4.78 is 0. The molecule has 2 N–H and O–H groups in total. The topological polar surface area (TPSA) is 38.4 Å². The Labute approximate surface area is 81.2 Å². The standard InChI is InChI=1S/C11H20N2/c1-6-9(11(3,4)5)8-10(12)13-7-2/h7-8H,2,6H2,1,3-5H3,(H2,12,13)/b9-8+. The monoisotopic (exact) mass is 180 g/mol. The van der Waals surface area contributed by atoms with Crippen LogP contribution in [0.5, 0.6) is 0 Å². The van der Waals surface area contributed by atoms with Crippen molar-refractivity contribution in [2.24, 2.45) is 16.1 Å². The third-order valence-electron chi connectivity index (χ3n) is 1.91. The highest BCUT2D eigenvalue weighted by Gasteiger charge is 2.14. The molecule has 0 aliphatic carbocycles. The van der Waals surface area contributed by atoms with Gasteiger partial charge in [0.15, 0.2) is 0 Å². The summed E-state index contributed by atoms with van der Waals surface area (Å²) in [7, 11) is 0. The molecule has 0 bridgehead atoms. The molecule has 0 fully saturated rings. The Morgan fingerprint density at radius 2 is 2.00 bits per heavy atom. The summed E-state index contributed by atoms with van der Waals surface area (Å²) in [6.45, 7) is 12.1. The number of allylic oxidation sites excluding steroid dienone is 1. The van der Waals surface area contributed by atoms with Crippen LogP contribution in [0.2, 0.25) is 0 Å². The average molecular weight is 180 g/mol. The van der Waals surface area contributed by atoms with Gasteiger partial charge in [0, 0.05) is 6.20 Å². The van der Waals surface area contributed by atoms with E-state index in [1.807, 2.05) is 6.08 Å². The molecule has 0 saturated heterocycles. The predicted molar refractivity (Wildman–Crippen MR) is 59.6 cm³/mol. The quantitative estimate of drug-likeness (QED) is 0.526. The number of nitrogens with zero attached hydrogens (tertiary/aromatic N) is 1. The fourth-order valence-corrected chi connectivity index (χ4v) is 1.17. The van der Waals surface area contributed by atoms with Gasteiger partial charge in [-0.25, -0.2) is 4.99 Å². The molecule has 0 radical (unpaired) electrons. The lowest BCUT2D eigenvalue weighted by Crippen LogP contribution is -2.14. The van der Waals surface area contributed by atoms with Crippen molar-refractivity contribution < 1.29 is 0 Å². The zero-order chi connectivity index (χ0) is 10.5. The molecule has 0 aromatic carbocycles. The summed E-state index contributed by atoms with van der Waals surface area (Å²) in [4.78, 5) is 3.91. The number of aliphatic imine (C=N–C) groups is 1. The highest BCUT2D eigenvalue weighted by molar-refractivity contribution is 5.92. The minimum atomic E-state index is 0.163. The highest BCUT2D eigenvalue weighted by atomic mass is 14.8. The van der Waals surface area contributed by atoms with Crippen LogP contribution in [0.15, 0.2) is 29.4 Å². The van der Waals surface area contributed by atoms with Crippen molar-refractivity contribution in [1.82, 2.24) is 0 Å². The second-order valence-electron chi connectivity index (χ2n) is 4.01. The molecule has 0 saturated carbocycles. The highest BCUT2D eigenvalue weighted by Crippen LogP contribution is 2.27. The minimum absolute atomic E-state index is 0.163. The number of hydrogen-bond acceptors (Lipinski definition) is 1. The normalized spacial score (nSPS) is 14.5. The lowest BCUT2D eigenvalue weighted by molar-refractivity contribution is 0.489. The van der Waals surface area contributed by atoms with Gasteiger partial charge in [-0.05, 0) is 17.9 Å². The van der Waals surface area contributed by atoms with Crippen LogP contribution in [0.1, 0.15) is 34.1 Å². The molecule has 0 atom stereocenters. The van der Waals surface area contributed by atoms with Crippen molar-refractivity contribution in [3.8, 4) is 0 Å². The van der Waals surface area contributed by atoms with Crippen molar-refractivity contribution in [1.29, 1.82) is 0 Å². The SMILES string of the molecule is C=CN=C(N)/C=C(\CC)C(C)(C)C. The fraction of sp³-hybridized carbons (Fsp3) is 0.545. The van der Waals surface area contributed by atoms with E-state index >= 15 is 0 Å². The zero-order valence-electron chi connectivity index (χ0n) is 9.09. The van der Waals surface area contributed by atoms with E-state index in [4.69, 9.17) is 5.73 Å². The molecule has 0 unspecified atom stereocenters. The number of nitrogens with two attached hydrogens (primary N) is 1. The molecule has 2 heteroatoms. The first-order valence-corrected chi connectivity index (χ1v) is 4.57. The number of hydrogen-bond donors (Lipinski definition) is 1. The Morgan fingerprint density at radius 3 is 2.31 bits per heavy atom. The van der Waals surface area contributed by atoms with Crippen LogP contribution in [0.4, 0.5) is 0 Å². The maximum absolute atomic E-state index is 5.66. The van der Waals surface area contributed by atoms with Crippen LogP contribution in [-0.4, -0.2) is 5.84 Å². The summed E-state index contributed by atoms with van der Waals surface area (Å²) >= 11 is 0. The average Bonchev–Trinajstić information content (AvgIpc) is 1.98. The first-order valence-electron chi connectivity index (χ1n) is 4.57. The summed E-state index contributed by atoms with van der Waals surface area (Å²) in [6, 6.07) is 0. The van der Waals surface area contributed by atoms with Gasteiger partial charge in [-0.15, -0.1) is 0 Å². The summed E-state index contributed by atoms with van der Waals surface area (Å²) in [5.41, 5.74) is 7.12. The van der Waals surface area contributed by atoms with Gasteiger partial charge in [0.2, 0.25) is 0 Å². The third-order valence-corrected chi connectivity index (χ3v) is 1.91. The van der Waals surface area contributed by atoms with E-state index in [0.717, 1.165) is 6.42 Å². The van der Waals surface area contributed by atoms with Gasteiger partial charge in [-0.3, -0.25) is 0 Å². The Bertz CT molecular complexity index is 229. The van der Waals surface area contributed by atoms with Gasteiger partial charge in [0.1, 0.15) is 5.84 Å². The minimum Gasteiger partial charge on any atom is -0.384 e. The van der Waals surface area contributed by atoms with Gasteiger partial charge in [-0.1, -0.05) is 39.8 Å². The van der Waals surface area contributed by atoms with Crippen molar-refractivity contribution >= 4 is 5.84 Å². The van der Waals surface area contributed by atoms with E-state index in [1.54, 1.807) is 0 Å². The summed E-state index contributed by atoms with van der Waals surface area (Å²) in [6.07, 6.45) is 4.39. The Hall–Kier alpha value is -1.05. The molecule has 0 spiro atoms. The van der Waals surface area contributed by atoms with Gasteiger partial charge in [0.25, 0.3) is 0 Å². The molecule has 0 amide bonds. The fourth-order valence-electron chi connectivity index (χ4n) is 1.17. The first kappa shape index (κ1) is 11.9. The van der Waals surface area contributed by atoms with E-state index in [2.05, 4.69) is 39.3 Å². The molecule has 0 rings (SSSR count). The van der Waals surface area contributed by atoms with Crippen LogP contribution in [0.3, 0.4) is 0 Å². The van der Waals surface area contributed by atoms with Gasteiger partial charge in [0.05, 0.1) is 0 Å². The zero-order valence-corrected chi connectivity index (χ0v) is 9.09. The molecule has 0 heterocycles. The molecule has 2 nitrogen and oxygen atoms in total. The van der Waals surface area contributed by atoms with Crippen LogP contribution in [0.25, 0.3) is 0 Å². The number of amidine groups is 1. The van der Waals surface area contributed by atoms with Crippen molar-refractivity contribution in [3.63, 3.8) is 0 Å². The summed E-state index contributed by atoms with van der Waals surface area (Å²) in [5.74, 6) is 0.529. The second kappa shape index (κ2) is 4.85. The number of rotatable bonds is 3. The van der Waals surface area contributed by atoms with Gasteiger partial charge < -0.3 is 5.73 Å². The summed E-state index contributed by atoms with van der Waals surface area (Å²) in [5, 5.41) is 0. The molecule has 74 valence electrons. The lowest BCUT2D eigenvalue weighted by atomic mass is 9.84. The molecule has 0 aromatic rings. The van der Waals surface area contributed by atoms with Gasteiger partial charge in [-0.2, -0.15) is 0 Å². The molecule has 0 aliphatic rings. The van der Waals surface area contributed by atoms with Crippen molar-refractivity contribution in [3.05, 3.63) is 24.4 Å². The third kappa shape index (κ3) is 4.51. The predicted octanol–water partition coefficient (Wildman–Crippen LogP) is 2.87. The maximum Gasteiger partial charge on any atom is 0.123 e. The van der Waals surface area contributed by atoms with Crippen molar-refractivity contribution in [2.75, 3.05) is 0 Å². The molecule has 13 heavy (non-hydrogen) atoms. The van der Waals surface area contributed by atoms with E-state index < -0.39 is 0 Å². The van der Waals surface area contributed by atoms with Gasteiger partial charge >= 0.3 is 0 Å². The van der Waals surface area contributed by atoms with Crippen LogP contribution < -0.4 is 5.73 Å². The second-order valence-corrected chi connectivity index (χ2v) is 4.01. The van der Waals surface area contributed by atoms with Crippen LogP contribution in [0, 0.1) is 5.41 Å². The van der Waals surface area contributed by atoms with E-state index in [9.17, 15) is 0 Å². The van der Waals surface area contributed by atoms with Crippen molar-refractivity contribution in [2.45, 2.75) is 34.1 Å². The van der Waals surface area contributed by atoms with E-state index in [-0.39, 0.29) is 5.41 Å². The molecule has 0 aliphatic heterocycles. The largest absolute Gasteiger partial charge is 0.384 e. The Balaban J connectivity index is 4.77. The maximum atomic E-state index is 5.66. The van der Waals surface area contributed by atoms with Crippen LogP contribution in [-0.2, 0) is 0 Å². The van der Waals surface area contributed by atoms with E-state index in [1.165, 1.54) is 11.8 Å².